The predicted molar refractivity (Wildman–Crippen MR) is 400 cm³/mol. The number of aliphatic hydroxyl groups excluding tert-OH is 3. The summed E-state index contributed by atoms with van der Waals surface area (Å²) in [6.45, 7) is 22.5. The lowest BCUT2D eigenvalue weighted by Crippen LogP contribution is -2.59. The zero-order valence-electron chi connectivity index (χ0n) is 65.7. The number of nitrogens with one attached hydrogen (secondary N) is 1. The number of halogens is 1. The Balaban J connectivity index is 0.000000178. The fourth-order valence-corrected chi connectivity index (χ4v) is 14.3. The molecule has 0 amide bonds. The summed E-state index contributed by atoms with van der Waals surface area (Å²) in [6, 6.07) is 37.9. The topological polar surface area (TPSA) is 399 Å². The van der Waals surface area contributed by atoms with Gasteiger partial charge in [-0.25, -0.2) is 0 Å². The van der Waals surface area contributed by atoms with Crippen LogP contribution >= 0.6 is 11.6 Å². The Morgan fingerprint density at radius 3 is 1.69 bits per heavy atom. The number of alkyl halides is 1. The monoisotopic (exact) mass is 1610 g/mol. The lowest BCUT2D eigenvalue weighted by Gasteiger charge is -2.43. The van der Waals surface area contributed by atoms with Crippen molar-refractivity contribution in [3.63, 3.8) is 0 Å². The van der Waals surface area contributed by atoms with Gasteiger partial charge in [-0.05, 0) is 56.3 Å². The van der Waals surface area contributed by atoms with Crippen molar-refractivity contribution in [3.05, 3.63) is 154 Å². The molecule has 0 aromatic heterocycles. The largest absolute Gasteiger partial charge is 0.465 e. The van der Waals surface area contributed by atoms with Crippen molar-refractivity contribution >= 4 is 48.1 Å². The number of carbonyl (C=O) groups excluding carboxylic acids is 6. The number of Topliss-reactive ketones (excluding diaryl/α,β-unsaturated/α-hetero) is 2. The second-order valence-electron chi connectivity index (χ2n) is 29.4. The van der Waals surface area contributed by atoms with Gasteiger partial charge in [0, 0.05) is 55.1 Å². The molecule has 11 unspecified atom stereocenters. The van der Waals surface area contributed by atoms with E-state index < -0.39 is 122 Å². The number of benzene rings is 4. The van der Waals surface area contributed by atoms with Crippen molar-refractivity contribution in [2.24, 2.45) is 28.8 Å². The molecule has 8 heterocycles. The molecule has 26 atom stereocenters. The van der Waals surface area contributed by atoms with Gasteiger partial charge in [0.15, 0.2) is 43.0 Å². The SMILES string of the molecule is CC(=O)CO[C@H]1C(C)[C@@H]2OC(C)(OC(C)(C)C)OC2O[C@H]1COC=O.CC(=O)OC1[C@H](N=[N+]=[N-])C2OC[C@@H](O2)[C@H]1O.CCC1O[C@H](OC)C(NCC(=O)c2ccccc2)[C@@H](C)[C@@H]1O.C[C@@H]1C(OCc2ccccc2)[C@H](O)OC(COC=O)[C@H]1OC(=O)CCl.C[C@@H]1C2OC[C@@H](O2)[C@@H](OCc2ccccc2)C1OCc1ccccc1. The zero-order valence-corrected chi connectivity index (χ0v) is 66.4. The summed E-state index contributed by atoms with van der Waals surface area (Å²) >= 11 is 5.49. The number of methoxy groups -OCH3 is 1. The lowest BCUT2D eigenvalue weighted by molar-refractivity contribution is -0.371. The molecule has 0 saturated carbocycles. The van der Waals surface area contributed by atoms with E-state index in [1.807, 2.05) is 126 Å². The highest BCUT2D eigenvalue weighted by Crippen LogP contribution is 2.43. The van der Waals surface area contributed by atoms with Crippen molar-refractivity contribution in [1.82, 2.24) is 5.32 Å². The van der Waals surface area contributed by atoms with E-state index in [0.29, 0.717) is 31.9 Å². The Kier molecular flexibility index (Phi) is 36.3. The van der Waals surface area contributed by atoms with E-state index in [9.17, 15) is 44.1 Å². The van der Waals surface area contributed by atoms with Crippen LogP contribution in [0, 0.1) is 23.7 Å². The lowest BCUT2D eigenvalue weighted by atomic mass is 9.87. The number of fused-ring (bicyclic) bond motifs is 5. The molecule has 8 saturated heterocycles. The van der Waals surface area contributed by atoms with Gasteiger partial charge >= 0.3 is 11.9 Å². The second kappa shape index (κ2) is 44.9. The van der Waals surface area contributed by atoms with Crippen LogP contribution in [0.1, 0.15) is 110 Å². The van der Waals surface area contributed by atoms with Crippen LogP contribution in [0.25, 0.3) is 10.4 Å². The fourth-order valence-electron chi connectivity index (χ4n) is 14.3. The molecule has 113 heavy (non-hydrogen) atoms. The summed E-state index contributed by atoms with van der Waals surface area (Å²) in [6.07, 6.45) is -9.94. The second-order valence-corrected chi connectivity index (χ2v) is 29.7. The van der Waals surface area contributed by atoms with E-state index in [-0.39, 0.29) is 118 Å². The molecular formula is C80H109ClN4O28. The third kappa shape index (κ3) is 26.5. The van der Waals surface area contributed by atoms with Crippen LogP contribution in [0.4, 0.5) is 0 Å². The van der Waals surface area contributed by atoms with E-state index in [1.54, 1.807) is 33.1 Å². The highest BCUT2D eigenvalue weighted by atomic mass is 35.5. The van der Waals surface area contributed by atoms with E-state index in [0.717, 1.165) is 23.1 Å². The molecule has 624 valence electrons. The standard InChI is InChI=1S/C21H24O4.C17H21ClO7.C17H25NO4.C17H28O8.C8H11N3O5/c1-15-19(22-12-16-8-4-2-5-9-16)20(18-14-24-21(15)25-18)23-13-17-10-6-3-7-11-17;1-11-15(25-14(20)7-18)13(9-22-10-19)24-17(21)16(11)23-8-12-5-3-2-4-6-12;1-4-14-16(20)11(2)15(17(21-3)22-14)18-10-13(19)12-8-6-5-7-9-12;1-10(19)7-21-13-11(2)14-15(22-12(13)8-20-9-18)24-17(6,23-14)25-16(3,4)5;1-3(12)15-7-5(10-11-9)8-14-2-4(16-8)6(7)13/h2-11,15,18-21H,12-14H2,1H3;2-6,10-11,13,15-17,21H,7-9H2,1H3;5-9,11,14-18,20H,4,10H2,1-3H3;9,11-15H,7-8H2,1-6H3;4-8,13H,2H2,1H3/t15-,18+,19?,20+,21?;11-,13?,15-,16?,17+;11-,14?,15?,16+,17+;11?,12-,13-,14-,15?,17?;4-,5+,6-,7?,8?/m00101/s1. The molecule has 8 aliphatic heterocycles. The zero-order chi connectivity index (χ0) is 81.9. The van der Waals surface area contributed by atoms with E-state index >= 15 is 0 Å². The highest BCUT2D eigenvalue weighted by Gasteiger charge is 2.58. The molecule has 0 radical (unpaired) electrons. The van der Waals surface area contributed by atoms with Crippen LogP contribution in [-0.4, -0.2) is 245 Å². The number of azide groups is 1. The van der Waals surface area contributed by atoms with Gasteiger partial charge in [-0.3, -0.25) is 33.5 Å². The molecule has 8 aliphatic rings. The Morgan fingerprint density at radius 1 is 0.619 bits per heavy atom. The first-order chi connectivity index (χ1) is 54.1. The summed E-state index contributed by atoms with van der Waals surface area (Å²) in [5.41, 5.74) is 11.8. The minimum absolute atomic E-state index is 0.000165. The number of ether oxygens (including phenoxy) is 19. The van der Waals surface area contributed by atoms with Gasteiger partial charge in [0.2, 0.25) is 0 Å². The molecule has 0 aliphatic carbocycles. The maximum Gasteiger partial charge on any atom is 0.321 e. The Morgan fingerprint density at radius 2 is 1.16 bits per heavy atom. The number of hydrogen-bond donors (Lipinski definition) is 4. The average Bonchev–Trinajstić information content (AvgIpc) is 1.64. The van der Waals surface area contributed by atoms with Gasteiger partial charge in [-0.2, -0.15) is 0 Å². The summed E-state index contributed by atoms with van der Waals surface area (Å²) in [4.78, 5) is 69.5. The summed E-state index contributed by atoms with van der Waals surface area (Å²) < 4.78 is 106. The summed E-state index contributed by atoms with van der Waals surface area (Å²) in [7, 11) is 1.58. The summed E-state index contributed by atoms with van der Waals surface area (Å²) in [5, 5.41) is 37.0. The Bertz CT molecular complexity index is 3550. The molecule has 32 nitrogen and oxygen atoms in total. The third-order valence-corrected chi connectivity index (χ3v) is 20.0. The molecule has 12 rings (SSSR count). The minimum Gasteiger partial charge on any atom is -0.465 e. The number of aliphatic hydroxyl groups is 3. The van der Waals surface area contributed by atoms with Gasteiger partial charge in [-0.15, -0.1) is 11.6 Å². The van der Waals surface area contributed by atoms with Crippen molar-refractivity contribution in [2.45, 2.75) is 243 Å². The van der Waals surface area contributed by atoms with Crippen LogP contribution in [0.5, 0.6) is 0 Å². The molecule has 0 spiro atoms. The Hall–Kier alpha value is -7.06. The normalized spacial score (nSPS) is 33.8. The quantitative estimate of drug-likeness (QED) is 0.00596. The van der Waals surface area contributed by atoms with E-state index in [2.05, 4.69) is 46.5 Å². The summed E-state index contributed by atoms with van der Waals surface area (Å²) in [5.74, 6) is -3.35. The molecule has 4 N–H and O–H groups in total. The number of esters is 2. The molecular weight excluding hydrogens is 1500 g/mol. The number of rotatable bonds is 29. The maximum absolute atomic E-state index is 12.2. The van der Waals surface area contributed by atoms with Crippen LogP contribution in [0.3, 0.4) is 0 Å². The van der Waals surface area contributed by atoms with Gasteiger partial charge < -0.3 is 106 Å². The molecule has 33 heteroatoms. The third-order valence-electron chi connectivity index (χ3n) is 19.8. The smallest absolute Gasteiger partial charge is 0.321 e. The molecule has 8 fully saturated rings. The Labute approximate surface area is 663 Å². The molecule has 4 bridgehead atoms. The van der Waals surface area contributed by atoms with Gasteiger partial charge in [0.05, 0.1) is 75.6 Å². The minimum atomic E-state index is -1.26. The molecule has 4 aromatic carbocycles. The number of hydrogen-bond acceptors (Lipinski definition) is 30. The first-order valence-electron chi connectivity index (χ1n) is 37.7. The molecule has 4 aromatic rings. The van der Waals surface area contributed by atoms with Crippen LogP contribution < -0.4 is 5.32 Å². The average molecular weight is 1610 g/mol. The van der Waals surface area contributed by atoms with Gasteiger partial charge in [0.1, 0.15) is 92.8 Å². The number of nitrogens with zero attached hydrogens (tertiary/aromatic N) is 3. The maximum atomic E-state index is 12.2. The van der Waals surface area contributed by atoms with Crippen LogP contribution in [0.15, 0.2) is 126 Å². The van der Waals surface area contributed by atoms with Gasteiger partial charge in [0.25, 0.3) is 18.9 Å². The fraction of sp³-hybridized carbons (Fsp3) is 0.625. The van der Waals surface area contributed by atoms with Crippen LogP contribution in [-0.2, 0) is 134 Å². The van der Waals surface area contributed by atoms with Crippen molar-refractivity contribution in [3.8, 4) is 0 Å². The van der Waals surface area contributed by atoms with Crippen molar-refractivity contribution < 1.29 is 134 Å². The highest BCUT2D eigenvalue weighted by molar-refractivity contribution is 6.26. The first kappa shape index (κ1) is 91.5. The van der Waals surface area contributed by atoms with Crippen molar-refractivity contribution in [1.29, 1.82) is 0 Å². The number of carbonyl (C=O) groups is 6. The predicted octanol–water partition coefficient (Wildman–Crippen LogP) is 7.51. The van der Waals surface area contributed by atoms with E-state index in [4.69, 9.17) is 107 Å². The van der Waals surface area contributed by atoms with E-state index in [1.165, 1.54) is 13.8 Å². The van der Waals surface area contributed by atoms with Gasteiger partial charge in [-0.1, -0.05) is 161 Å². The van der Waals surface area contributed by atoms with Crippen molar-refractivity contribution in [2.75, 3.05) is 52.6 Å². The number of ketones is 2. The first-order valence-corrected chi connectivity index (χ1v) is 38.3. The van der Waals surface area contributed by atoms with Crippen LogP contribution in [0.2, 0.25) is 0 Å².